The zero-order valence-corrected chi connectivity index (χ0v) is 21.7. The number of anilines is 1. The van der Waals surface area contributed by atoms with Crippen LogP contribution in [0.3, 0.4) is 0 Å². The van der Waals surface area contributed by atoms with Gasteiger partial charge in [-0.15, -0.1) is 0 Å². The molecule has 2 aromatic heterocycles. The van der Waals surface area contributed by atoms with Gasteiger partial charge in [0.15, 0.2) is 16.7 Å². The fraction of sp³-hybridized carbons (Fsp3) is 0.400. The number of ether oxygens (including phenoxy) is 1. The summed E-state index contributed by atoms with van der Waals surface area (Å²) in [6, 6.07) is 7.03. The molecule has 4 rings (SSSR count). The third kappa shape index (κ3) is 6.03. The highest BCUT2D eigenvalue weighted by molar-refractivity contribution is 7.70. The Morgan fingerprint density at radius 2 is 2.05 bits per heavy atom. The van der Waals surface area contributed by atoms with E-state index >= 15 is 4.39 Å². The van der Waals surface area contributed by atoms with Crippen molar-refractivity contribution >= 4 is 38.1 Å². The van der Waals surface area contributed by atoms with Crippen LogP contribution in [0.4, 0.5) is 14.5 Å². The second kappa shape index (κ2) is 10.3. The van der Waals surface area contributed by atoms with Gasteiger partial charge in [0.1, 0.15) is 23.7 Å². The van der Waals surface area contributed by atoms with Crippen molar-refractivity contribution in [3.8, 4) is 0 Å². The zero-order chi connectivity index (χ0) is 27.2. The lowest BCUT2D eigenvalue weighted by Gasteiger charge is -2.24. The van der Waals surface area contributed by atoms with Crippen LogP contribution in [0.2, 0.25) is 5.15 Å². The number of nitrogens with one attached hydrogen (secondary N) is 1. The Bertz CT molecular complexity index is 1410. The van der Waals surface area contributed by atoms with E-state index < -0.39 is 64.0 Å². The number of fused-ring (bicyclic) bond motifs is 1. The second-order valence-corrected chi connectivity index (χ2v) is 12.9. The lowest BCUT2D eigenvalue weighted by atomic mass is 9.95. The Hall–Kier alpha value is -1.99. The largest absolute Gasteiger partial charge is 0.386 e. The van der Waals surface area contributed by atoms with Crippen molar-refractivity contribution in [2.75, 3.05) is 24.4 Å². The Kier molecular flexibility index (Phi) is 7.80. The molecule has 0 spiro atoms. The summed E-state index contributed by atoms with van der Waals surface area (Å²) < 4.78 is 64.1. The third-order valence-corrected chi connectivity index (χ3v) is 9.38. The summed E-state index contributed by atoms with van der Waals surface area (Å²) in [5.41, 5.74) is -2.07. The van der Waals surface area contributed by atoms with Crippen LogP contribution < -0.4 is 5.32 Å². The summed E-state index contributed by atoms with van der Waals surface area (Å²) >= 11 is 6.15. The van der Waals surface area contributed by atoms with Crippen LogP contribution in [0.5, 0.6) is 0 Å². The first-order chi connectivity index (χ1) is 17.2. The van der Waals surface area contributed by atoms with Gasteiger partial charge in [-0.05, 0) is 13.0 Å². The van der Waals surface area contributed by atoms with Crippen LogP contribution >= 0.6 is 26.8 Å². The number of hydrogen-bond donors (Lipinski definition) is 5. The maximum absolute atomic E-state index is 16.1. The van der Waals surface area contributed by atoms with Gasteiger partial charge in [-0.1, -0.05) is 29.8 Å². The Labute approximate surface area is 213 Å². The molecule has 1 aliphatic heterocycles. The van der Waals surface area contributed by atoms with Gasteiger partial charge in [0, 0.05) is 11.6 Å². The average molecular weight is 583 g/mol. The molecule has 5 N–H and O–H groups in total. The van der Waals surface area contributed by atoms with Crippen molar-refractivity contribution < 1.29 is 47.0 Å². The number of hydrogen-bond acceptors (Lipinski definition) is 8. The molecule has 0 radical (unpaired) electrons. The molecule has 1 aromatic carbocycles. The summed E-state index contributed by atoms with van der Waals surface area (Å²) in [7, 11) is -9.62. The smallest absolute Gasteiger partial charge is 0.340 e. The van der Waals surface area contributed by atoms with Gasteiger partial charge in [0.25, 0.3) is 0 Å². The first kappa shape index (κ1) is 28.0. The molecule has 3 heterocycles. The summed E-state index contributed by atoms with van der Waals surface area (Å²) in [6.07, 6.45) is -2.28. The Morgan fingerprint density at radius 3 is 2.73 bits per heavy atom. The van der Waals surface area contributed by atoms with Crippen molar-refractivity contribution in [2.24, 2.45) is 0 Å². The normalized spacial score (nSPS) is 24.8. The molecule has 12 nitrogen and oxygen atoms in total. The zero-order valence-electron chi connectivity index (χ0n) is 19.1. The van der Waals surface area contributed by atoms with E-state index in [4.69, 9.17) is 26.1 Å². The number of aliphatic hydroxyl groups is 1. The maximum atomic E-state index is 16.1. The van der Waals surface area contributed by atoms with Gasteiger partial charge in [0.2, 0.25) is 5.67 Å². The van der Waals surface area contributed by atoms with Crippen molar-refractivity contribution in [1.29, 1.82) is 0 Å². The summed E-state index contributed by atoms with van der Waals surface area (Å²) in [4.78, 5) is 31.6. The van der Waals surface area contributed by atoms with Crippen LogP contribution in [0.25, 0.3) is 5.65 Å². The lowest BCUT2D eigenvalue weighted by Crippen LogP contribution is -2.40. The van der Waals surface area contributed by atoms with Gasteiger partial charge in [-0.25, -0.2) is 18.3 Å². The van der Waals surface area contributed by atoms with E-state index in [2.05, 4.69) is 19.9 Å². The SMILES string of the molecule is C[C@H](Nc1cc(Cl)nn2c([C@]3(F)CO[C@H](COP(=O)(O)CP(=O)(O)O)[C@H]3O)cnc12)c1ccccc1F. The van der Waals surface area contributed by atoms with Crippen molar-refractivity contribution in [2.45, 2.75) is 30.8 Å². The number of benzene rings is 1. The minimum Gasteiger partial charge on any atom is -0.386 e. The van der Waals surface area contributed by atoms with E-state index in [-0.39, 0.29) is 16.5 Å². The van der Waals surface area contributed by atoms with Gasteiger partial charge in [-0.2, -0.15) is 5.10 Å². The molecule has 0 amide bonds. The quantitative estimate of drug-likeness (QED) is 0.234. The summed E-state index contributed by atoms with van der Waals surface area (Å²) in [6.45, 7) is 0.167. The summed E-state index contributed by atoms with van der Waals surface area (Å²) in [5, 5.41) is 17.7. The average Bonchev–Trinajstić information content (AvgIpc) is 3.33. The highest BCUT2D eigenvalue weighted by Gasteiger charge is 2.54. The van der Waals surface area contributed by atoms with Gasteiger partial charge in [0.05, 0.1) is 31.1 Å². The highest BCUT2D eigenvalue weighted by atomic mass is 35.5. The molecule has 17 heteroatoms. The van der Waals surface area contributed by atoms with Crippen LogP contribution in [0.15, 0.2) is 36.5 Å². The van der Waals surface area contributed by atoms with E-state index in [1.54, 1.807) is 25.1 Å². The molecule has 0 saturated carbocycles. The summed E-state index contributed by atoms with van der Waals surface area (Å²) in [5.74, 6) is -1.88. The number of rotatable bonds is 9. The van der Waals surface area contributed by atoms with E-state index in [1.165, 1.54) is 12.1 Å². The number of nitrogens with zero attached hydrogens (tertiary/aromatic N) is 3. The van der Waals surface area contributed by atoms with Gasteiger partial charge >= 0.3 is 15.2 Å². The van der Waals surface area contributed by atoms with E-state index in [1.807, 2.05) is 0 Å². The van der Waals surface area contributed by atoms with Gasteiger partial charge < -0.3 is 34.4 Å². The first-order valence-electron chi connectivity index (χ1n) is 10.8. The predicted molar refractivity (Wildman–Crippen MR) is 128 cm³/mol. The molecular weight excluding hydrogens is 560 g/mol. The monoisotopic (exact) mass is 582 g/mol. The number of halogens is 3. The molecule has 1 unspecified atom stereocenters. The van der Waals surface area contributed by atoms with Crippen LogP contribution in [0.1, 0.15) is 24.2 Å². The van der Waals surface area contributed by atoms with E-state index in [0.717, 1.165) is 10.7 Å². The molecule has 37 heavy (non-hydrogen) atoms. The lowest BCUT2D eigenvalue weighted by molar-refractivity contribution is -0.0137. The molecule has 202 valence electrons. The Morgan fingerprint density at radius 1 is 1.35 bits per heavy atom. The highest BCUT2D eigenvalue weighted by Crippen LogP contribution is 2.55. The number of imidazole rings is 1. The molecule has 5 atom stereocenters. The van der Waals surface area contributed by atoms with Crippen LogP contribution in [-0.2, 0) is 24.1 Å². The number of aromatic nitrogens is 3. The number of aliphatic hydroxyl groups excluding tert-OH is 1. The molecule has 1 saturated heterocycles. The first-order valence-corrected chi connectivity index (χ1v) is 14.7. The molecule has 0 bridgehead atoms. The topological polar surface area (TPSA) is 176 Å². The minimum absolute atomic E-state index is 0.0643. The van der Waals surface area contributed by atoms with Crippen molar-refractivity contribution in [1.82, 2.24) is 14.6 Å². The van der Waals surface area contributed by atoms with Crippen LogP contribution in [0, 0.1) is 5.82 Å². The van der Waals surface area contributed by atoms with E-state index in [0.29, 0.717) is 11.3 Å². The van der Waals surface area contributed by atoms with Crippen molar-refractivity contribution in [3.63, 3.8) is 0 Å². The minimum atomic E-state index is -4.87. The molecule has 0 aliphatic carbocycles. The van der Waals surface area contributed by atoms with Crippen LogP contribution in [-0.4, -0.2) is 65.7 Å². The molecular formula is C20H23ClF2N4O8P2. The predicted octanol–water partition coefficient (Wildman–Crippen LogP) is 2.96. The van der Waals surface area contributed by atoms with Crippen molar-refractivity contribution in [3.05, 3.63) is 58.8 Å². The maximum Gasteiger partial charge on any atom is 0.340 e. The molecule has 1 aliphatic rings. The second-order valence-electron chi connectivity index (χ2n) is 8.54. The Balaban J connectivity index is 1.58. The standard InChI is InChI=1S/C20H23ClF2N4O8P2/c1-11(12-4-2-3-5-13(12)22)25-14-6-17(21)26-27-16(7-24-19(14)27)20(23)9-34-15(18(20)28)8-35-37(32,33)10-36(29,30)31/h2-7,11,15,18,25,28H,8-10H2,1H3,(H,32,33)(H2,29,30,31)/t11-,15+,18+,20+/m0/s1. The fourth-order valence-corrected chi connectivity index (χ4v) is 6.75. The fourth-order valence-electron chi connectivity index (χ4n) is 3.99. The molecule has 3 aromatic rings. The van der Waals surface area contributed by atoms with Gasteiger partial charge in [-0.3, -0.25) is 9.13 Å². The third-order valence-electron chi connectivity index (χ3n) is 5.74. The molecule has 1 fully saturated rings. The number of alkyl halides is 1. The van der Waals surface area contributed by atoms with E-state index in [9.17, 15) is 23.5 Å².